The third-order valence-electron chi connectivity index (χ3n) is 11.8. The highest BCUT2D eigenvalue weighted by Crippen LogP contribution is 2.18. The van der Waals surface area contributed by atoms with Gasteiger partial charge in [0.25, 0.3) is 0 Å². The fraction of sp³-hybridized carbons (Fsp3) is 0.549. The Morgan fingerprint density at radius 3 is 0.983 bits per heavy atom. The Labute approximate surface area is 741 Å². The summed E-state index contributed by atoms with van der Waals surface area (Å²) in [6, 6.07) is 43.7. The topological polar surface area (TPSA) is 319 Å². The largest absolute Gasteiger partial charge is 0.263 e. The van der Waals surface area contributed by atoms with E-state index < -0.39 is 0 Å². The Kier molecular flexibility index (Phi) is 148. The number of nitriles is 8. The van der Waals surface area contributed by atoms with Crippen LogP contribution >= 0.6 is 0 Å². The monoisotopic (exact) mass is 1650 g/mol. The van der Waals surface area contributed by atoms with Crippen LogP contribution in [-0.2, 0) is 0 Å². The van der Waals surface area contributed by atoms with Crippen molar-refractivity contribution in [2.45, 2.75) is 380 Å². The number of hydrogen-bond donors (Lipinski definition) is 0. The Balaban J connectivity index is -0.0000000700. The highest BCUT2D eigenvalue weighted by Gasteiger charge is 2.06. The van der Waals surface area contributed by atoms with Crippen LogP contribution in [0.15, 0.2) is 135 Å². The lowest BCUT2D eigenvalue weighted by Gasteiger charge is -2.03. The van der Waals surface area contributed by atoms with Crippen molar-refractivity contribution < 1.29 is 0 Å². The molecule has 18 heteroatoms. The van der Waals surface area contributed by atoms with E-state index in [2.05, 4.69) is 137 Å². The quantitative estimate of drug-likeness (QED) is 0.136. The fourth-order valence-corrected chi connectivity index (χ4v) is 6.55. The van der Waals surface area contributed by atoms with Crippen LogP contribution in [0.3, 0.4) is 0 Å². The normalized spacial score (nSPS) is 7.87. The van der Waals surface area contributed by atoms with E-state index in [0.29, 0.717) is 75.3 Å². The molecule has 0 radical (unpaired) electrons. The first-order valence-electron chi connectivity index (χ1n) is 44.5. The van der Waals surface area contributed by atoms with Gasteiger partial charge in [-0.05, 0) is 131 Å². The molecule has 18 nitrogen and oxygen atoms in total. The molecule has 0 fully saturated rings. The predicted molar refractivity (Wildman–Crippen MR) is 521 cm³/mol. The van der Waals surface area contributed by atoms with E-state index in [9.17, 15) is 0 Å². The molecular formula is C102H174N18. The second-order valence-electron chi connectivity index (χ2n) is 21.6. The molecule has 7 heterocycles. The first-order valence-corrected chi connectivity index (χ1v) is 44.5. The van der Waals surface area contributed by atoms with Gasteiger partial charge in [-0.15, -0.1) is 0 Å². The molecule has 0 bridgehead atoms. The van der Waals surface area contributed by atoms with Gasteiger partial charge in [-0.1, -0.05) is 351 Å². The molecule has 7 aromatic heterocycles. The lowest BCUT2D eigenvalue weighted by Crippen LogP contribution is -1.97. The lowest BCUT2D eigenvalue weighted by atomic mass is 10.0. The number of pyridine rings is 4. The Bertz CT molecular complexity index is 3020. The lowest BCUT2D eigenvalue weighted by molar-refractivity contribution is 0.771. The summed E-state index contributed by atoms with van der Waals surface area (Å²) in [6.07, 6.45) is 11.4. The van der Waals surface area contributed by atoms with Gasteiger partial charge < -0.3 is 0 Å². The van der Waals surface area contributed by atoms with E-state index in [4.69, 9.17) is 42.1 Å². The highest BCUT2D eigenvalue weighted by atomic mass is 14.9. The molecule has 1 aromatic carbocycles. The van der Waals surface area contributed by atoms with Crippen molar-refractivity contribution in [3.63, 3.8) is 0 Å². The molecule has 0 spiro atoms. The van der Waals surface area contributed by atoms with Crippen LogP contribution in [0.2, 0.25) is 0 Å². The first-order chi connectivity index (χ1) is 57.9. The molecule has 0 atom stereocenters. The molecular weight excluding hydrogens is 1480 g/mol. The molecule has 672 valence electrons. The molecule has 0 unspecified atom stereocenters. The standard InChI is InChI=1S/C10H11N.4C9H10N2.3C8H9N3.16C2H6/c1-8(2)10-5-3-4-9(6-10)7-11;1-7(2)9-3-8(4-10)5-11-6-9;1-7(2)8-3-4-11-9(5-8)6-10;1-7(2)9-5-8(6-10)3-4-11-9;1-7(2)9-5-3-4-8(6-10)11-9;1-6(2)8-3-7(4-9)10-5-11-8;1-6(2)7-3-4-10-8(5-9)11-7;1-6(2)8-10-4-3-7(5-9)11-8;16*1-2/h3-6,8H,1-2H3;3,5-7H,1-2H3;3*3-5,7H,1-2H3;3,5-6H,1-2H3;2*3-4,6H,1-2H3;16*1-2H3. The van der Waals surface area contributed by atoms with E-state index in [-0.39, 0.29) is 11.7 Å². The zero-order valence-corrected chi connectivity index (χ0v) is 85.4. The van der Waals surface area contributed by atoms with E-state index in [1.54, 1.807) is 61.4 Å². The molecule has 8 aromatic rings. The Hall–Kier alpha value is -11.0. The van der Waals surface area contributed by atoms with Crippen molar-refractivity contribution in [2.75, 3.05) is 0 Å². The van der Waals surface area contributed by atoms with Crippen LogP contribution in [0.4, 0.5) is 0 Å². The smallest absolute Gasteiger partial charge is 0.232 e. The maximum absolute atomic E-state index is 8.59. The Morgan fingerprint density at radius 1 is 0.225 bits per heavy atom. The SMILES string of the molecule is CC.CC.CC.CC.CC.CC.CC.CC.CC.CC.CC.CC.CC.CC.CC.CC.CC(C)c1cc(C#N)ccn1.CC(C)c1cc(C#N)ncn1.CC(C)c1cccc(C#N)c1.CC(C)c1cccc(C#N)n1.CC(C)c1ccnc(C#N)c1.CC(C)c1ccnc(C#N)n1.CC(C)c1cncc(C#N)c1.CC(C)c1nccc(C#N)n1. The molecule has 0 saturated carbocycles. The average molecular weight is 1650 g/mol. The van der Waals surface area contributed by atoms with Gasteiger partial charge in [-0.3, -0.25) is 9.97 Å². The summed E-state index contributed by atoms with van der Waals surface area (Å²) in [4.78, 5) is 39.7. The van der Waals surface area contributed by atoms with E-state index in [1.165, 1.54) is 11.9 Å². The summed E-state index contributed by atoms with van der Waals surface area (Å²) in [6.45, 7) is 96.9. The van der Waals surface area contributed by atoms with Gasteiger partial charge in [0.2, 0.25) is 5.82 Å². The minimum atomic E-state index is 0.246. The average Bonchev–Trinajstić information content (AvgIpc) is 0.968. The molecule has 120 heavy (non-hydrogen) atoms. The first kappa shape index (κ1) is 147. The van der Waals surface area contributed by atoms with Crippen molar-refractivity contribution in [2.24, 2.45) is 0 Å². The highest BCUT2D eigenvalue weighted by molar-refractivity contribution is 5.35. The summed E-state index contributed by atoms with van der Waals surface area (Å²) < 4.78 is 0. The minimum Gasteiger partial charge on any atom is -0.263 e. The predicted octanol–water partition coefficient (Wildman–Crippen LogP) is 31.8. The zero-order valence-electron chi connectivity index (χ0n) is 85.4. The molecule has 0 amide bonds. The summed E-state index contributed by atoms with van der Waals surface area (Å²) >= 11 is 0. The summed E-state index contributed by atoms with van der Waals surface area (Å²) in [7, 11) is 0. The summed E-state index contributed by atoms with van der Waals surface area (Å²) in [5.41, 5.74) is 11.2. The number of rotatable bonds is 8. The number of benzene rings is 1. The number of nitrogens with zero attached hydrogens (tertiary/aromatic N) is 18. The third kappa shape index (κ3) is 87.8. The minimum absolute atomic E-state index is 0.246. The van der Waals surface area contributed by atoms with Crippen LogP contribution in [0.1, 0.15) is 470 Å². The van der Waals surface area contributed by atoms with Gasteiger partial charge in [-0.2, -0.15) is 42.1 Å². The van der Waals surface area contributed by atoms with Crippen LogP contribution in [0.25, 0.3) is 0 Å². The van der Waals surface area contributed by atoms with Crippen molar-refractivity contribution in [1.29, 1.82) is 42.1 Å². The maximum atomic E-state index is 8.59. The number of aromatic nitrogens is 10. The molecule has 0 saturated heterocycles. The van der Waals surface area contributed by atoms with Gasteiger partial charge in [0.15, 0.2) is 0 Å². The molecule has 0 aliphatic heterocycles. The van der Waals surface area contributed by atoms with Crippen molar-refractivity contribution >= 4 is 0 Å². The van der Waals surface area contributed by atoms with Crippen molar-refractivity contribution in [3.8, 4) is 48.6 Å². The zero-order chi connectivity index (χ0) is 98.1. The molecule has 8 rings (SSSR count). The molecule has 0 aliphatic carbocycles. The number of hydrogen-bond acceptors (Lipinski definition) is 18. The van der Waals surface area contributed by atoms with Gasteiger partial charge in [0.1, 0.15) is 71.3 Å². The van der Waals surface area contributed by atoms with Crippen LogP contribution < -0.4 is 0 Å². The van der Waals surface area contributed by atoms with Gasteiger partial charge in [0, 0.05) is 65.9 Å². The second kappa shape index (κ2) is 121. The van der Waals surface area contributed by atoms with E-state index in [1.807, 2.05) is 360 Å². The molecule has 0 aliphatic rings. The van der Waals surface area contributed by atoms with Crippen LogP contribution in [0, 0.1) is 90.6 Å². The van der Waals surface area contributed by atoms with E-state index >= 15 is 0 Å². The second-order valence-corrected chi connectivity index (χ2v) is 21.6. The molecule has 0 N–H and O–H groups in total. The van der Waals surface area contributed by atoms with E-state index in [0.717, 1.165) is 45.3 Å². The van der Waals surface area contributed by atoms with Gasteiger partial charge in [-0.25, -0.2) is 39.9 Å². The van der Waals surface area contributed by atoms with Crippen molar-refractivity contribution in [1.82, 2.24) is 49.8 Å². The van der Waals surface area contributed by atoms with Gasteiger partial charge in [0.05, 0.1) is 28.8 Å². The van der Waals surface area contributed by atoms with Crippen LogP contribution in [0.5, 0.6) is 0 Å². The van der Waals surface area contributed by atoms with Gasteiger partial charge >= 0.3 is 0 Å². The fourth-order valence-electron chi connectivity index (χ4n) is 6.55. The van der Waals surface area contributed by atoms with Crippen molar-refractivity contribution in [3.05, 3.63) is 225 Å². The summed E-state index contributed by atoms with van der Waals surface area (Å²) in [5.74, 6) is 4.15. The Morgan fingerprint density at radius 2 is 0.583 bits per heavy atom. The summed E-state index contributed by atoms with van der Waals surface area (Å²) in [5, 5.41) is 68.3. The van der Waals surface area contributed by atoms with Crippen LogP contribution in [-0.4, -0.2) is 49.8 Å². The maximum Gasteiger partial charge on any atom is 0.232 e. The third-order valence-corrected chi connectivity index (χ3v) is 11.8.